The quantitative estimate of drug-likeness (QED) is 0.807. The van der Waals surface area contributed by atoms with Gasteiger partial charge in [0.05, 0.1) is 12.3 Å². The van der Waals surface area contributed by atoms with Crippen LogP contribution in [-0.2, 0) is 4.74 Å². The maximum Gasteiger partial charge on any atom is 0.376 e. The van der Waals surface area contributed by atoms with Crippen LogP contribution in [-0.4, -0.2) is 17.6 Å². The van der Waals surface area contributed by atoms with Gasteiger partial charge in [-0.2, -0.15) is 0 Å². The third kappa shape index (κ3) is 2.66. The van der Waals surface area contributed by atoms with E-state index in [1.54, 1.807) is 6.92 Å². The average molecular weight is 293 g/mol. The summed E-state index contributed by atoms with van der Waals surface area (Å²) in [6, 6.07) is 3.35. The molecule has 1 aliphatic carbocycles. The van der Waals surface area contributed by atoms with Crippen molar-refractivity contribution in [3.8, 4) is 11.5 Å². The van der Waals surface area contributed by atoms with Crippen LogP contribution in [0.25, 0.3) is 11.5 Å². The van der Waals surface area contributed by atoms with E-state index in [1.807, 2.05) is 0 Å². The van der Waals surface area contributed by atoms with Crippen molar-refractivity contribution in [1.82, 2.24) is 4.98 Å². The molecule has 3 rings (SSSR count). The molecule has 1 saturated carbocycles. The van der Waals surface area contributed by atoms with E-state index in [0.717, 1.165) is 25.0 Å². The lowest BCUT2D eigenvalue weighted by Crippen LogP contribution is -2.05. The molecular weight excluding hydrogens is 280 g/mol. The Balaban J connectivity index is 2.01. The largest absolute Gasteiger partial charge is 0.460 e. The molecule has 110 valence electrons. The van der Waals surface area contributed by atoms with Gasteiger partial charge in [-0.25, -0.2) is 18.6 Å². The minimum atomic E-state index is -0.989. The zero-order valence-electron chi connectivity index (χ0n) is 11.4. The Morgan fingerprint density at radius 2 is 2.14 bits per heavy atom. The molecule has 1 heterocycles. The molecule has 0 atom stereocenters. The lowest BCUT2D eigenvalue weighted by molar-refractivity contribution is 0.0489. The summed E-state index contributed by atoms with van der Waals surface area (Å²) >= 11 is 0. The van der Waals surface area contributed by atoms with E-state index >= 15 is 0 Å². The molecule has 0 bridgehead atoms. The maximum atomic E-state index is 13.3. The number of carbonyl (C=O) groups is 1. The van der Waals surface area contributed by atoms with Crippen molar-refractivity contribution < 1.29 is 22.7 Å². The monoisotopic (exact) mass is 293 g/mol. The number of aromatic nitrogens is 1. The van der Waals surface area contributed by atoms with Crippen molar-refractivity contribution in [1.29, 1.82) is 0 Å². The van der Waals surface area contributed by atoms with Crippen LogP contribution < -0.4 is 0 Å². The van der Waals surface area contributed by atoms with Gasteiger partial charge in [-0.3, -0.25) is 0 Å². The summed E-state index contributed by atoms with van der Waals surface area (Å²) in [6.07, 6.45) is 1.85. The van der Waals surface area contributed by atoms with Gasteiger partial charge in [0.1, 0.15) is 0 Å². The fourth-order valence-corrected chi connectivity index (χ4v) is 2.06. The van der Waals surface area contributed by atoms with Crippen molar-refractivity contribution in [3.05, 3.63) is 41.3 Å². The summed E-state index contributed by atoms with van der Waals surface area (Å²) < 4.78 is 36.6. The molecule has 0 saturated heterocycles. The first kappa shape index (κ1) is 13.7. The smallest absolute Gasteiger partial charge is 0.376 e. The van der Waals surface area contributed by atoms with E-state index in [1.165, 1.54) is 6.07 Å². The van der Waals surface area contributed by atoms with Gasteiger partial charge in [0.15, 0.2) is 11.6 Å². The first-order valence-corrected chi connectivity index (χ1v) is 6.73. The van der Waals surface area contributed by atoms with Gasteiger partial charge in [-0.05, 0) is 38.0 Å². The molecule has 0 unspecified atom stereocenters. The predicted octanol–water partition coefficient (Wildman–Crippen LogP) is 3.67. The summed E-state index contributed by atoms with van der Waals surface area (Å²) in [4.78, 5) is 16.1. The van der Waals surface area contributed by atoms with E-state index in [-0.39, 0.29) is 29.7 Å². The first-order chi connectivity index (χ1) is 10.1. The maximum absolute atomic E-state index is 13.3. The predicted molar refractivity (Wildman–Crippen MR) is 69.8 cm³/mol. The second-order valence-electron chi connectivity index (χ2n) is 4.86. The van der Waals surface area contributed by atoms with Crippen LogP contribution in [0, 0.1) is 11.6 Å². The van der Waals surface area contributed by atoms with Crippen LogP contribution in [0.2, 0.25) is 0 Å². The molecule has 6 heteroatoms. The van der Waals surface area contributed by atoms with Gasteiger partial charge in [-0.15, -0.1) is 0 Å². The van der Waals surface area contributed by atoms with Crippen LogP contribution in [0.15, 0.2) is 22.6 Å². The summed E-state index contributed by atoms with van der Waals surface area (Å²) in [5.41, 5.74) is 0.819. The Kier molecular flexibility index (Phi) is 3.45. The Morgan fingerprint density at radius 3 is 2.76 bits per heavy atom. The summed E-state index contributed by atoms with van der Waals surface area (Å²) in [5.74, 6) is -2.19. The number of halogens is 2. The molecule has 1 aliphatic rings. The molecule has 0 aliphatic heterocycles. The fourth-order valence-electron chi connectivity index (χ4n) is 2.06. The number of esters is 1. The van der Waals surface area contributed by atoms with Crippen molar-refractivity contribution in [2.45, 2.75) is 25.7 Å². The van der Waals surface area contributed by atoms with E-state index in [4.69, 9.17) is 9.15 Å². The highest BCUT2D eigenvalue weighted by Gasteiger charge is 2.34. The number of oxazole rings is 1. The Morgan fingerprint density at radius 1 is 1.38 bits per heavy atom. The molecule has 2 aromatic rings. The summed E-state index contributed by atoms with van der Waals surface area (Å²) in [7, 11) is 0. The fraction of sp³-hybridized carbons (Fsp3) is 0.333. The lowest BCUT2D eigenvalue weighted by atomic mass is 10.2. The van der Waals surface area contributed by atoms with Gasteiger partial charge < -0.3 is 9.15 Å². The lowest BCUT2D eigenvalue weighted by Gasteiger charge is -1.99. The van der Waals surface area contributed by atoms with Gasteiger partial charge in [0.2, 0.25) is 11.7 Å². The van der Waals surface area contributed by atoms with Crippen LogP contribution in [0.1, 0.15) is 41.9 Å². The zero-order valence-corrected chi connectivity index (χ0v) is 11.4. The second kappa shape index (κ2) is 5.27. The SMILES string of the molecule is CCOC(=O)c1oc(-c2ccc(F)c(F)c2)nc1C1CC1. The van der Waals surface area contributed by atoms with Gasteiger partial charge in [0.25, 0.3) is 0 Å². The average Bonchev–Trinajstić information content (AvgIpc) is 3.21. The highest BCUT2D eigenvalue weighted by Crippen LogP contribution is 2.42. The molecule has 0 N–H and O–H groups in total. The van der Waals surface area contributed by atoms with E-state index in [9.17, 15) is 13.6 Å². The van der Waals surface area contributed by atoms with E-state index in [0.29, 0.717) is 5.69 Å². The van der Waals surface area contributed by atoms with Crippen molar-refractivity contribution in [2.75, 3.05) is 6.61 Å². The molecule has 1 aromatic carbocycles. The Hall–Kier alpha value is -2.24. The number of rotatable bonds is 4. The van der Waals surface area contributed by atoms with Crippen LogP contribution in [0.5, 0.6) is 0 Å². The molecule has 0 spiro atoms. The van der Waals surface area contributed by atoms with Crippen LogP contribution >= 0.6 is 0 Å². The standard InChI is InChI=1S/C15H13F2NO3/c1-2-20-15(19)13-12(8-3-4-8)18-14(21-13)9-5-6-10(16)11(17)7-9/h5-8H,2-4H2,1H3. The highest BCUT2D eigenvalue weighted by atomic mass is 19.2. The highest BCUT2D eigenvalue weighted by molar-refractivity contribution is 5.88. The Bertz CT molecular complexity index is 692. The molecular formula is C15H13F2NO3. The third-order valence-corrected chi connectivity index (χ3v) is 3.24. The van der Waals surface area contributed by atoms with Crippen molar-refractivity contribution >= 4 is 5.97 Å². The van der Waals surface area contributed by atoms with Crippen LogP contribution in [0.4, 0.5) is 8.78 Å². The van der Waals surface area contributed by atoms with Crippen molar-refractivity contribution in [3.63, 3.8) is 0 Å². The summed E-state index contributed by atoms with van der Waals surface area (Å²) in [6.45, 7) is 1.92. The normalized spacial score (nSPS) is 14.2. The minimum Gasteiger partial charge on any atom is -0.460 e. The number of ether oxygens (including phenoxy) is 1. The van der Waals surface area contributed by atoms with Gasteiger partial charge in [0, 0.05) is 11.5 Å². The molecule has 1 aromatic heterocycles. The van der Waals surface area contributed by atoms with Crippen molar-refractivity contribution in [2.24, 2.45) is 0 Å². The van der Waals surface area contributed by atoms with E-state index in [2.05, 4.69) is 4.98 Å². The third-order valence-electron chi connectivity index (χ3n) is 3.24. The topological polar surface area (TPSA) is 52.3 Å². The molecule has 0 radical (unpaired) electrons. The summed E-state index contributed by atoms with van der Waals surface area (Å²) in [5, 5.41) is 0. The minimum absolute atomic E-state index is 0.0547. The number of carbonyl (C=O) groups excluding carboxylic acids is 1. The number of hydrogen-bond acceptors (Lipinski definition) is 4. The van der Waals surface area contributed by atoms with Gasteiger partial charge in [-0.1, -0.05) is 0 Å². The second-order valence-corrected chi connectivity index (χ2v) is 4.86. The molecule has 0 amide bonds. The number of nitrogens with zero attached hydrogens (tertiary/aromatic N) is 1. The number of benzene rings is 1. The molecule has 21 heavy (non-hydrogen) atoms. The first-order valence-electron chi connectivity index (χ1n) is 6.73. The Labute approximate surface area is 119 Å². The zero-order chi connectivity index (χ0) is 15.0. The molecule has 1 fully saturated rings. The van der Waals surface area contributed by atoms with Crippen LogP contribution in [0.3, 0.4) is 0 Å². The number of hydrogen-bond donors (Lipinski definition) is 0. The molecule has 4 nitrogen and oxygen atoms in total. The van der Waals surface area contributed by atoms with Gasteiger partial charge >= 0.3 is 5.97 Å². The van der Waals surface area contributed by atoms with E-state index < -0.39 is 17.6 Å².